The first-order valence-electron chi connectivity index (χ1n) is 11.3. The van der Waals surface area contributed by atoms with E-state index in [-0.39, 0.29) is 18.0 Å². The normalized spacial score (nSPS) is 25.6. The van der Waals surface area contributed by atoms with Crippen LogP contribution in [-0.2, 0) is 4.79 Å². The molecule has 0 aromatic carbocycles. The first-order valence-corrected chi connectivity index (χ1v) is 11.3. The van der Waals surface area contributed by atoms with Crippen LogP contribution in [0.25, 0.3) is 0 Å². The third-order valence-corrected chi connectivity index (χ3v) is 6.33. The molecule has 3 rings (SSSR count). The van der Waals surface area contributed by atoms with Gasteiger partial charge in [0.1, 0.15) is 6.04 Å². The van der Waals surface area contributed by atoms with E-state index >= 15 is 0 Å². The lowest BCUT2D eigenvalue weighted by Crippen LogP contribution is -2.46. The second-order valence-corrected chi connectivity index (χ2v) is 8.52. The fraction of sp³-hybridized carbons (Fsp3) is 0.905. The molecule has 1 atom stereocenters. The fourth-order valence-corrected chi connectivity index (χ4v) is 4.65. The summed E-state index contributed by atoms with van der Waals surface area (Å²) in [5.41, 5.74) is 0. The van der Waals surface area contributed by atoms with E-state index in [1.807, 2.05) is 4.90 Å². The number of unbranched alkanes of at least 4 members (excludes halogenated alkanes) is 3. The molecule has 3 amide bonds. The van der Waals surface area contributed by atoms with Crippen LogP contribution in [0, 0.1) is 0 Å². The quantitative estimate of drug-likeness (QED) is 0.455. The van der Waals surface area contributed by atoms with E-state index in [1.165, 1.54) is 51.4 Å². The zero-order chi connectivity index (χ0) is 19.1. The van der Waals surface area contributed by atoms with Gasteiger partial charge in [-0.3, -0.25) is 19.5 Å². The van der Waals surface area contributed by atoms with Crippen molar-refractivity contribution in [2.24, 2.45) is 0 Å². The number of imide groups is 1. The third kappa shape index (κ3) is 5.44. The number of carbonyl (C=O) groups is 2. The summed E-state index contributed by atoms with van der Waals surface area (Å²) < 4.78 is 0. The first kappa shape index (κ1) is 20.6. The molecular weight excluding hydrogens is 340 g/mol. The molecule has 1 unspecified atom stereocenters. The van der Waals surface area contributed by atoms with Crippen molar-refractivity contribution in [2.45, 2.75) is 83.6 Å². The summed E-state index contributed by atoms with van der Waals surface area (Å²) in [4.78, 5) is 34.3. The van der Waals surface area contributed by atoms with Gasteiger partial charge in [-0.2, -0.15) is 0 Å². The molecule has 0 aromatic rings. The number of urea groups is 1. The molecule has 6 nitrogen and oxygen atoms in total. The molecule has 154 valence electrons. The van der Waals surface area contributed by atoms with Crippen LogP contribution in [0.1, 0.15) is 77.6 Å². The molecule has 0 bridgehead atoms. The van der Waals surface area contributed by atoms with Crippen LogP contribution in [-0.4, -0.2) is 77.1 Å². The van der Waals surface area contributed by atoms with Gasteiger partial charge in [-0.15, -0.1) is 0 Å². The zero-order valence-electron chi connectivity index (χ0n) is 17.2. The number of amides is 3. The number of nitrogens with zero attached hydrogens (tertiary/aromatic N) is 4. The molecule has 3 fully saturated rings. The van der Waals surface area contributed by atoms with E-state index in [4.69, 9.17) is 0 Å². The minimum Gasteiger partial charge on any atom is -0.299 e. The standard InChI is InChI=1S/C21H38N4O2/c1-2-3-4-7-12-19-20(26)25(18-23-15-10-6-11-16-23)21(27)24(19)17-22-13-8-5-9-14-22/h19H,2-18H2,1H3. The van der Waals surface area contributed by atoms with Crippen LogP contribution in [0.2, 0.25) is 0 Å². The monoisotopic (exact) mass is 378 g/mol. The van der Waals surface area contributed by atoms with Crippen LogP contribution < -0.4 is 0 Å². The van der Waals surface area contributed by atoms with Gasteiger partial charge in [-0.1, -0.05) is 45.4 Å². The smallest absolute Gasteiger partial charge is 0.299 e. The second-order valence-electron chi connectivity index (χ2n) is 8.52. The van der Waals surface area contributed by atoms with E-state index in [0.29, 0.717) is 13.3 Å². The highest BCUT2D eigenvalue weighted by atomic mass is 16.2. The Morgan fingerprint density at radius 2 is 1.37 bits per heavy atom. The van der Waals surface area contributed by atoms with E-state index in [2.05, 4.69) is 16.7 Å². The maximum absolute atomic E-state index is 13.1. The van der Waals surface area contributed by atoms with Gasteiger partial charge in [0.25, 0.3) is 5.91 Å². The van der Waals surface area contributed by atoms with Crippen LogP contribution in [0.5, 0.6) is 0 Å². The van der Waals surface area contributed by atoms with Gasteiger partial charge >= 0.3 is 6.03 Å². The molecule has 0 N–H and O–H groups in total. The maximum Gasteiger partial charge on any atom is 0.329 e. The molecule has 0 saturated carbocycles. The number of carbonyl (C=O) groups excluding carboxylic acids is 2. The van der Waals surface area contributed by atoms with E-state index in [1.54, 1.807) is 4.90 Å². The van der Waals surface area contributed by atoms with E-state index < -0.39 is 0 Å². The van der Waals surface area contributed by atoms with Crippen molar-refractivity contribution in [3.05, 3.63) is 0 Å². The van der Waals surface area contributed by atoms with Crippen molar-refractivity contribution in [1.29, 1.82) is 0 Å². The molecule has 0 radical (unpaired) electrons. The summed E-state index contributed by atoms with van der Waals surface area (Å²) in [6.45, 7) is 7.42. The van der Waals surface area contributed by atoms with Crippen LogP contribution in [0.15, 0.2) is 0 Å². The molecule has 3 saturated heterocycles. The summed E-state index contributed by atoms with van der Waals surface area (Å²) in [6.07, 6.45) is 12.7. The average molecular weight is 379 g/mol. The van der Waals surface area contributed by atoms with Crippen molar-refractivity contribution < 1.29 is 9.59 Å². The van der Waals surface area contributed by atoms with Crippen molar-refractivity contribution in [2.75, 3.05) is 39.5 Å². The Morgan fingerprint density at radius 1 is 0.778 bits per heavy atom. The summed E-state index contributed by atoms with van der Waals surface area (Å²) in [5.74, 6) is 0.0408. The highest BCUT2D eigenvalue weighted by Crippen LogP contribution is 2.25. The number of rotatable bonds is 9. The van der Waals surface area contributed by atoms with Gasteiger partial charge in [0.05, 0.1) is 13.3 Å². The topological polar surface area (TPSA) is 47.1 Å². The Labute approximate surface area is 164 Å². The molecule has 0 aliphatic carbocycles. The Kier molecular flexibility index (Phi) is 7.94. The van der Waals surface area contributed by atoms with Gasteiger partial charge in [0, 0.05) is 0 Å². The molecule has 3 aliphatic rings. The third-order valence-electron chi connectivity index (χ3n) is 6.33. The minimum absolute atomic E-state index is 0.0408. The number of likely N-dealkylation sites (tertiary alicyclic amines) is 2. The van der Waals surface area contributed by atoms with Crippen LogP contribution in [0.4, 0.5) is 4.79 Å². The number of hydrogen-bond acceptors (Lipinski definition) is 4. The molecule has 27 heavy (non-hydrogen) atoms. The minimum atomic E-state index is -0.249. The lowest BCUT2D eigenvalue weighted by molar-refractivity contribution is -0.130. The Bertz CT molecular complexity index is 487. The van der Waals surface area contributed by atoms with Crippen LogP contribution in [0.3, 0.4) is 0 Å². The summed E-state index contributed by atoms with van der Waals surface area (Å²) in [5, 5.41) is 0. The predicted octanol–water partition coefficient (Wildman–Crippen LogP) is 3.48. The summed E-state index contributed by atoms with van der Waals surface area (Å²) >= 11 is 0. The molecule has 0 aromatic heterocycles. The second kappa shape index (κ2) is 10.4. The lowest BCUT2D eigenvalue weighted by atomic mass is 10.1. The SMILES string of the molecule is CCCCCCC1C(=O)N(CN2CCCCC2)C(=O)N1CN1CCCCC1. The molecule has 6 heteroatoms. The molecule has 3 aliphatic heterocycles. The number of hydrogen-bond donors (Lipinski definition) is 0. The van der Waals surface area contributed by atoms with E-state index in [0.717, 1.165) is 45.4 Å². The van der Waals surface area contributed by atoms with Crippen molar-refractivity contribution in [1.82, 2.24) is 19.6 Å². The van der Waals surface area contributed by atoms with Crippen molar-refractivity contribution in [3.63, 3.8) is 0 Å². The maximum atomic E-state index is 13.1. The summed E-state index contributed by atoms with van der Waals surface area (Å²) in [7, 11) is 0. The van der Waals surface area contributed by atoms with Gasteiger partial charge < -0.3 is 0 Å². The largest absolute Gasteiger partial charge is 0.329 e. The van der Waals surface area contributed by atoms with Gasteiger partial charge in [0.2, 0.25) is 0 Å². The van der Waals surface area contributed by atoms with Crippen molar-refractivity contribution in [3.8, 4) is 0 Å². The highest BCUT2D eigenvalue weighted by Gasteiger charge is 2.45. The number of piperidine rings is 2. The lowest BCUT2D eigenvalue weighted by Gasteiger charge is -2.33. The predicted molar refractivity (Wildman–Crippen MR) is 107 cm³/mol. The van der Waals surface area contributed by atoms with Gasteiger partial charge in [-0.05, 0) is 58.3 Å². The van der Waals surface area contributed by atoms with Gasteiger partial charge in [0.15, 0.2) is 0 Å². The highest BCUT2D eigenvalue weighted by molar-refractivity contribution is 6.04. The Balaban J connectivity index is 1.64. The summed E-state index contributed by atoms with van der Waals surface area (Å²) in [6, 6.07) is -0.308. The zero-order valence-corrected chi connectivity index (χ0v) is 17.2. The van der Waals surface area contributed by atoms with Gasteiger partial charge in [-0.25, -0.2) is 9.69 Å². The average Bonchev–Trinajstić information content (AvgIpc) is 2.91. The molecule has 3 heterocycles. The first-order chi connectivity index (χ1) is 13.2. The van der Waals surface area contributed by atoms with Crippen LogP contribution >= 0.6 is 0 Å². The fourth-order valence-electron chi connectivity index (χ4n) is 4.65. The molecular formula is C21H38N4O2. The van der Waals surface area contributed by atoms with E-state index in [9.17, 15) is 9.59 Å². The van der Waals surface area contributed by atoms with Crippen molar-refractivity contribution >= 4 is 11.9 Å². The Morgan fingerprint density at radius 3 is 1.96 bits per heavy atom. The Hall–Kier alpha value is -1.14. The molecule has 0 spiro atoms.